The van der Waals surface area contributed by atoms with Crippen LogP contribution in [-0.4, -0.2) is 23.4 Å². The summed E-state index contributed by atoms with van der Waals surface area (Å²) in [6, 6.07) is 10.1. The molecule has 1 saturated heterocycles. The third-order valence-electron chi connectivity index (χ3n) is 2.69. The van der Waals surface area contributed by atoms with Gasteiger partial charge in [0.2, 0.25) is 5.91 Å². The molecule has 1 amide bonds. The molecule has 14 heavy (non-hydrogen) atoms. The van der Waals surface area contributed by atoms with E-state index in [9.17, 15) is 4.79 Å². The summed E-state index contributed by atoms with van der Waals surface area (Å²) in [7, 11) is 0. The predicted octanol–water partition coefficient (Wildman–Crippen LogP) is 0.746. The number of amides is 1. The first-order valence-electron chi connectivity index (χ1n) is 4.84. The molecule has 1 heterocycles. The smallest absolute Gasteiger partial charge is 0.234 e. The minimum absolute atomic E-state index is 0.0461. The molecule has 3 heteroatoms. The molecular formula is C11H14N2O. The van der Waals surface area contributed by atoms with Crippen molar-refractivity contribution in [3.63, 3.8) is 0 Å². The number of nitrogens with zero attached hydrogens (tertiary/aromatic N) is 1. The molecule has 0 aliphatic carbocycles. The van der Waals surface area contributed by atoms with Gasteiger partial charge in [0.05, 0.1) is 6.04 Å². The first-order valence-corrected chi connectivity index (χ1v) is 4.84. The fourth-order valence-electron chi connectivity index (χ4n) is 1.77. The van der Waals surface area contributed by atoms with Gasteiger partial charge >= 0.3 is 0 Å². The number of hydrogen-bond acceptors (Lipinski definition) is 2. The van der Waals surface area contributed by atoms with Crippen molar-refractivity contribution in [2.24, 2.45) is 5.73 Å². The Morgan fingerprint density at radius 3 is 2.64 bits per heavy atom. The number of carbonyl (C=O) groups is 1. The van der Waals surface area contributed by atoms with E-state index in [2.05, 4.69) is 17.0 Å². The van der Waals surface area contributed by atoms with E-state index >= 15 is 0 Å². The van der Waals surface area contributed by atoms with E-state index in [4.69, 9.17) is 5.73 Å². The third-order valence-corrected chi connectivity index (χ3v) is 2.69. The molecule has 0 bridgehead atoms. The lowest BCUT2D eigenvalue weighted by atomic mass is 10.0. The molecule has 2 rings (SSSR count). The highest BCUT2D eigenvalue weighted by molar-refractivity contribution is 5.80. The second kappa shape index (κ2) is 3.80. The average Bonchev–Trinajstić information content (AvgIpc) is 2.13. The van der Waals surface area contributed by atoms with Crippen LogP contribution >= 0.6 is 0 Å². The SMILES string of the molecule is NC(=O)[C@H]1CCN1Cc1ccccc1. The van der Waals surface area contributed by atoms with Crippen molar-refractivity contribution in [2.75, 3.05) is 6.54 Å². The number of hydrogen-bond donors (Lipinski definition) is 1. The summed E-state index contributed by atoms with van der Waals surface area (Å²) in [4.78, 5) is 13.1. The van der Waals surface area contributed by atoms with Gasteiger partial charge in [-0.2, -0.15) is 0 Å². The van der Waals surface area contributed by atoms with E-state index in [1.165, 1.54) is 5.56 Å². The monoisotopic (exact) mass is 190 g/mol. The average molecular weight is 190 g/mol. The van der Waals surface area contributed by atoms with Gasteiger partial charge in [-0.15, -0.1) is 0 Å². The van der Waals surface area contributed by atoms with E-state index in [1.807, 2.05) is 18.2 Å². The van der Waals surface area contributed by atoms with E-state index in [-0.39, 0.29) is 11.9 Å². The van der Waals surface area contributed by atoms with Crippen LogP contribution in [0.3, 0.4) is 0 Å². The van der Waals surface area contributed by atoms with Crippen molar-refractivity contribution in [1.29, 1.82) is 0 Å². The molecule has 1 aliphatic heterocycles. The van der Waals surface area contributed by atoms with Crippen LogP contribution in [-0.2, 0) is 11.3 Å². The van der Waals surface area contributed by atoms with Crippen LogP contribution in [0.4, 0.5) is 0 Å². The Morgan fingerprint density at radius 2 is 2.14 bits per heavy atom. The van der Waals surface area contributed by atoms with Crippen molar-refractivity contribution < 1.29 is 4.79 Å². The van der Waals surface area contributed by atoms with Gasteiger partial charge in [0.1, 0.15) is 0 Å². The summed E-state index contributed by atoms with van der Waals surface area (Å²) < 4.78 is 0. The second-order valence-corrected chi connectivity index (χ2v) is 3.66. The van der Waals surface area contributed by atoms with E-state index in [1.54, 1.807) is 0 Å². The molecule has 2 N–H and O–H groups in total. The number of carbonyl (C=O) groups excluding carboxylic acids is 1. The highest BCUT2D eigenvalue weighted by Gasteiger charge is 2.31. The fraction of sp³-hybridized carbons (Fsp3) is 0.364. The topological polar surface area (TPSA) is 46.3 Å². The van der Waals surface area contributed by atoms with Gasteiger partial charge in [0, 0.05) is 13.1 Å². The summed E-state index contributed by atoms with van der Waals surface area (Å²) in [6.07, 6.45) is 0.905. The van der Waals surface area contributed by atoms with Crippen LogP contribution in [0.5, 0.6) is 0 Å². The largest absolute Gasteiger partial charge is 0.368 e. The summed E-state index contributed by atoms with van der Waals surface area (Å²) in [5.41, 5.74) is 6.50. The van der Waals surface area contributed by atoms with E-state index < -0.39 is 0 Å². The fourth-order valence-corrected chi connectivity index (χ4v) is 1.77. The molecule has 1 atom stereocenters. The molecule has 0 radical (unpaired) electrons. The zero-order valence-electron chi connectivity index (χ0n) is 8.02. The highest BCUT2D eigenvalue weighted by atomic mass is 16.1. The molecule has 0 unspecified atom stereocenters. The standard InChI is InChI=1S/C11H14N2O/c12-11(14)10-6-7-13(10)8-9-4-2-1-3-5-9/h1-5,10H,6-8H2,(H2,12,14)/t10-/m1/s1. The zero-order valence-corrected chi connectivity index (χ0v) is 8.02. The maximum Gasteiger partial charge on any atom is 0.234 e. The van der Waals surface area contributed by atoms with Gasteiger partial charge < -0.3 is 5.73 Å². The van der Waals surface area contributed by atoms with Crippen LogP contribution in [0.2, 0.25) is 0 Å². The Morgan fingerprint density at radius 1 is 1.43 bits per heavy atom. The van der Waals surface area contributed by atoms with E-state index in [0.29, 0.717) is 0 Å². The summed E-state index contributed by atoms with van der Waals surface area (Å²) in [5.74, 6) is -0.202. The number of nitrogens with two attached hydrogens (primary N) is 1. The molecule has 1 aromatic carbocycles. The summed E-state index contributed by atoms with van der Waals surface area (Å²) in [6.45, 7) is 1.80. The van der Waals surface area contributed by atoms with Crippen molar-refractivity contribution in [2.45, 2.75) is 19.0 Å². The molecule has 0 aromatic heterocycles. The Kier molecular flexibility index (Phi) is 2.50. The van der Waals surface area contributed by atoms with Crippen molar-refractivity contribution in [3.8, 4) is 0 Å². The van der Waals surface area contributed by atoms with Crippen LogP contribution in [0, 0.1) is 0 Å². The first-order chi connectivity index (χ1) is 6.77. The number of rotatable bonds is 3. The lowest BCUT2D eigenvalue weighted by molar-refractivity contribution is -0.127. The Bertz CT molecular complexity index is 323. The van der Waals surface area contributed by atoms with Crippen molar-refractivity contribution in [1.82, 2.24) is 4.90 Å². The lowest BCUT2D eigenvalue weighted by Crippen LogP contribution is -2.54. The molecule has 1 fully saturated rings. The number of likely N-dealkylation sites (tertiary alicyclic amines) is 1. The lowest BCUT2D eigenvalue weighted by Gasteiger charge is -2.38. The first kappa shape index (κ1) is 9.21. The Hall–Kier alpha value is -1.35. The van der Waals surface area contributed by atoms with Gasteiger partial charge in [-0.3, -0.25) is 9.69 Å². The van der Waals surface area contributed by atoms with Gasteiger partial charge in [-0.1, -0.05) is 30.3 Å². The van der Waals surface area contributed by atoms with Crippen LogP contribution in [0.15, 0.2) is 30.3 Å². The van der Waals surface area contributed by atoms with E-state index in [0.717, 1.165) is 19.5 Å². The maximum absolute atomic E-state index is 11.0. The molecule has 3 nitrogen and oxygen atoms in total. The zero-order chi connectivity index (χ0) is 9.97. The van der Waals surface area contributed by atoms with Crippen molar-refractivity contribution in [3.05, 3.63) is 35.9 Å². The molecule has 1 aliphatic rings. The minimum atomic E-state index is -0.202. The van der Waals surface area contributed by atoms with Crippen LogP contribution in [0.25, 0.3) is 0 Å². The predicted molar refractivity (Wildman–Crippen MR) is 54.5 cm³/mol. The molecular weight excluding hydrogens is 176 g/mol. The summed E-state index contributed by atoms with van der Waals surface area (Å²) >= 11 is 0. The third kappa shape index (κ3) is 1.77. The second-order valence-electron chi connectivity index (χ2n) is 3.66. The number of primary amides is 1. The molecule has 0 saturated carbocycles. The molecule has 74 valence electrons. The molecule has 1 aromatic rings. The van der Waals surface area contributed by atoms with Gasteiger partial charge in [0.25, 0.3) is 0 Å². The molecule has 0 spiro atoms. The Labute approximate surface area is 83.5 Å². The van der Waals surface area contributed by atoms with Gasteiger partial charge in [-0.05, 0) is 12.0 Å². The number of benzene rings is 1. The normalized spacial score (nSPS) is 21.6. The maximum atomic E-state index is 11.0. The van der Waals surface area contributed by atoms with Gasteiger partial charge in [-0.25, -0.2) is 0 Å². The Balaban J connectivity index is 1.96. The minimum Gasteiger partial charge on any atom is -0.368 e. The van der Waals surface area contributed by atoms with Crippen molar-refractivity contribution >= 4 is 5.91 Å². The summed E-state index contributed by atoms with van der Waals surface area (Å²) in [5, 5.41) is 0. The van der Waals surface area contributed by atoms with Gasteiger partial charge in [0.15, 0.2) is 0 Å². The quantitative estimate of drug-likeness (QED) is 0.764. The van der Waals surface area contributed by atoms with Crippen LogP contribution < -0.4 is 5.73 Å². The van der Waals surface area contributed by atoms with Crippen LogP contribution in [0.1, 0.15) is 12.0 Å². The highest BCUT2D eigenvalue weighted by Crippen LogP contribution is 2.19.